The number of halogens is 2. The maximum atomic E-state index is 17.9. The Morgan fingerprint density at radius 2 is 1.69 bits per heavy atom. The molecule has 308 valence electrons. The summed E-state index contributed by atoms with van der Waals surface area (Å²) < 4.78 is 50.8. The highest BCUT2D eigenvalue weighted by Crippen LogP contribution is 2.49. The van der Waals surface area contributed by atoms with Crippen molar-refractivity contribution in [3.63, 3.8) is 0 Å². The number of nitrogens with zero attached hydrogens (tertiary/aromatic N) is 8. The number of nitriles is 1. The van der Waals surface area contributed by atoms with E-state index in [4.69, 9.17) is 24.2 Å². The quantitative estimate of drug-likeness (QED) is 0.207. The van der Waals surface area contributed by atoms with E-state index < -0.39 is 28.9 Å². The van der Waals surface area contributed by atoms with Crippen LogP contribution in [0, 0.1) is 28.9 Å². The number of amides is 2. The van der Waals surface area contributed by atoms with Crippen LogP contribution in [0.4, 0.5) is 35.1 Å². The van der Waals surface area contributed by atoms with Crippen LogP contribution in [0.1, 0.15) is 77.5 Å². The van der Waals surface area contributed by atoms with E-state index >= 15 is 8.78 Å². The number of hydrogen-bond donors (Lipinski definition) is 1. The van der Waals surface area contributed by atoms with Crippen LogP contribution in [0.2, 0.25) is 0 Å². The number of nitrogens with one attached hydrogen (secondary N) is 1. The molecule has 3 atom stereocenters. The second-order valence-corrected chi connectivity index (χ2v) is 19.0. The number of likely N-dealkylation sites (tertiary alicyclic amines) is 1. The number of aromatic nitrogens is 3. The summed E-state index contributed by atoms with van der Waals surface area (Å²) in [5.74, 6) is -0.0566. The molecule has 7 heterocycles. The van der Waals surface area contributed by atoms with Crippen molar-refractivity contribution >= 4 is 61.3 Å². The van der Waals surface area contributed by atoms with Crippen molar-refractivity contribution in [2.24, 2.45) is 5.92 Å². The van der Waals surface area contributed by atoms with Crippen LogP contribution in [0.15, 0.2) is 6.20 Å². The third-order valence-electron chi connectivity index (χ3n) is 11.0. The molecule has 4 aliphatic heterocycles. The molecule has 17 heteroatoms. The lowest BCUT2D eigenvalue weighted by Crippen LogP contribution is -2.56. The summed E-state index contributed by atoms with van der Waals surface area (Å²) in [5.41, 5.74) is -0.157. The number of thiophene rings is 1. The van der Waals surface area contributed by atoms with Gasteiger partial charge in [0.2, 0.25) is 5.95 Å². The second kappa shape index (κ2) is 14.7. The molecule has 0 spiro atoms. The third kappa shape index (κ3) is 7.34. The molecule has 14 nitrogen and oxygen atoms in total. The third-order valence-corrected chi connectivity index (χ3v) is 12.1. The standard InChI is InChI=1S/C41H49F2N9O5S/c1-40(2,3)56-38(53)48-36-24(13-44)29-32(45-14-27(42)34(29)58-36)28-25-19-55-20-26(25)30-33(31(28)43)46-37(50-12-11-21(16-50)15-49(7)8)47-35(30)52-22-9-10-23(52)18-51(17-22)39(54)57-41(4,5)6/h14,21-23H,9-12,15-20H2,1-8H3,(H,48,53)/t21-,22?,23?/m1/s1. The van der Waals surface area contributed by atoms with E-state index in [1.165, 1.54) is 0 Å². The lowest BCUT2D eigenvalue weighted by molar-refractivity contribution is 0.0209. The summed E-state index contributed by atoms with van der Waals surface area (Å²) >= 11 is 0.856. The predicted molar refractivity (Wildman–Crippen MR) is 217 cm³/mol. The van der Waals surface area contributed by atoms with Crippen molar-refractivity contribution in [1.29, 1.82) is 5.26 Å². The Bertz CT molecular complexity index is 2350. The van der Waals surface area contributed by atoms with Crippen molar-refractivity contribution in [1.82, 2.24) is 24.8 Å². The molecule has 2 amide bonds. The Kier molecular flexibility index (Phi) is 10.1. The van der Waals surface area contributed by atoms with Gasteiger partial charge in [-0.15, -0.1) is 11.3 Å². The van der Waals surface area contributed by atoms with E-state index in [-0.39, 0.29) is 68.8 Å². The Morgan fingerprint density at radius 3 is 2.34 bits per heavy atom. The van der Waals surface area contributed by atoms with Gasteiger partial charge in [-0.2, -0.15) is 10.2 Å². The van der Waals surface area contributed by atoms with Gasteiger partial charge in [0.05, 0.1) is 40.8 Å². The van der Waals surface area contributed by atoms with Gasteiger partial charge in [-0.1, -0.05) is 0 Å². The molecule has 2 bridgehead atoms. The number of pyridine rings is 1. The molecule has 3 aromatic heterocycles. The summed E-state index contributed by atoms with van der Waals surface area (Å²) in [6.45, 7) is 14.0. The normalized spacial score (nSPS) is 20.7. The first-order chi connectivity index (χ1) is 27.4. The molecule has 58 heavy (non-hydrogen) atoms. The van der Waals surface area contributed by atoms with Crippen LogP contribution in [-0.2, 0) is 27.4 Å². The first-order valence-corrected chi connectivity index (χ1v) is 20.5. The van der Waals surface area contributed by atoms with Crippen LogP contribution >= 0.6 is 11.3 Å². The molecule has 0 saturated carbocycles. The number of hydrogen-bond acceptors (Lipinski definition) is 13. The topological polar surface area (TPSA) is 149 Å². The minimum atomic E-state index is -0.826. The minimum absolute atomic E-state index is 0.0337. The average Bonchev–Trinajstić information content (AvgIpc) is 3.92. The van der Waals surface area contributed by atoms with Gasteiger partial charge in [0, 0.05) is 55.8 Å². The molecule has 1 N–H and O–H groups in total. The fourth-order valence-corrected chi connectivity index (χ4v) is 9.87. The molecule has 2 unspecified atom stereocenters. The number of ether oxygens (including phenoxy) is 3. The van der Waals surface area contributed by atoms with Crippen molar-refractivity contribution in [3.8, 4) is 17.3 Å². The van der Waals surface area contributed by atoms with Crippen LogP contribution in [0.3, 0.4) is 0 Å². The molecular weight excluding hydrogens is 769 g/mol. The van der Waals surface area contributed by atoms with E-state index in [1.807, 2.05) is 34.9 Å². The number of benzene rings is 1. The average molecular weight is 818 g/mol. The van der Waals surface area contributed by atoms with E-state index in [0.29, 0.717) is 60.4 Å². The molecule has 1 aromatic carbocycles. The Morgan fingerprint density at radius 1 is 1.00 bits per heavy atom. The maximum absolute atomic E-state index is 17.9. The smallest absolute Gasteiger partial charge is 0.412 e. The van der Waals surface area contributed by atoms with Crippen molar-refractivity contribution in [2.75, 3.05) is 61.9 Å². The first-order valence-electron chi connectivity index (χ1n) is 19.7. The summed E-state index contributed by atoms with van der Waals surface area (Å²) in [4.78, 5) is 49.1. The highest BCUT2D eigenvalue weighted by molar-refractivity contribution is 7.23. The number of piperazine rings is 1. The van der Waals surface area contributed by atoms with E-state index in [9.17, 15) is 14.9 Å². The number of carbonyl (C=O) groups excluding carboxylic acids is 2. The highest BCUT2D eigenvalue weighted by atomic mass is 32.1. The van der Waals surface area contributed by atoms with E-state index in [0.717, 1.165) is 43.3 Å². The van der Waals surface area contributed by atoms with Crippen molar-refractivity contribution in [2.45, 2.75) is 97.3 Å². The van der Waals surface area contributed by atoms with Crippen LogP contribution in [-0.4, -0.2) is 107 Å². The molecule has 0 radical (unpaired) electrons. The fraction of sp³-hybridized carbons (Fsp3) is 0.561. The molecule has 4 aliphatic rings. The van der Waals surface area contributed by atoms with E-state index in [2.05, 4.69) is 31.1 Å². The molecule has 4 aromatic rings. The molecule has 0 aliphatic carbocycles. The van der Waals surface area contributed by atoms with Crippen molar-refractivity contribution < 1.29 is 32.6 Å². The highest BCUT2D eigenvalue weighted by Gasteiger charge is 2.45. The number of anilines is 3. The van der Waals surface area contributed by atoms with Gasteiger partial charge >= 0.3 is 12.2 Å². The van der Waals surface area contributed by atoms with Gasteiger partial charge in [-0.05, 0) is 91.9 Å². The molecule has 8 rings (SSSR count). The van der Waals surface area contributed by atoms with Gasteiger partial charge < -0.3 is 33.8 Å². The number of rotatable bonds is 6. The van der Waals surface area contributed by atoms with Crippen molar-refractivity contribution in [3.05, 3.63) is 34.5 Å². The Labute approximate surface area is 340 Å². The fourth-order valence-electron chi connectivity index (χ4n) is 8.83. The Balaban J connectivity index is 1.30. The van der Waals surface area contributed by atoms with Crippen LogP contribution in [0.5, 0.6) is 0 Å². The van der Waals surface area contributed by atoms with Gasteiger partial charge in [0.25, 0.3) is 0 Å². The summed E-state index contributed by atoms with van der Waals surface area (Å²) in [7, 11) is 4.09. The SMILES string of the molecule is CN(C)C[C@H]1CCN(c2nc(N3C4CCC3CN(C(=O)OC(C)(C)C)C4)c3c4c(c(-c5ncc(F)c6sc(NC(=O)OC(C)(C)C)c(C#N)c56)c(F)c3n2)COC4)C1. The zero-order chi connectivity index (χ0) is 41.4. The predicted octanol–water partition coefficient (Wildman–Crippen LogP) is 7.41. The molecular formula is C41H49F2N9O5S. The molecule has 3 saturated heterocycles. The van der Waals surface area contributed by atoms with E-state index in [1.54, 1.807) is 25.7 Å². The van der Waals surface area contributed by atoms with Gasteiger partial charge in [-0.3, -0.25) is 10.3 Å². The van der Waals surface area contributed by atoms with Gasteiger partial charge in [0.15, 0.2) is 11.6 Å². The van der Waals surface area contributed by atoms with Crippen LogP contribution < -0.4 is 15.1 Å². The number of fused-ring (bicyclic) bond motifs is 6. The lowest BCUT2D eigenvalue weighted by atomic mass is 9.93. The Hall–Kier alpha value is -4.92. The summed E-state index contributed by atoms with van der Waals surface area (Å²) in [6, 6.07) is 1.90. The van der Waals surface area contributed by atoms with Gasteiger partial charge in [0.1, 0.15) is 33.6 Å². The minimum Gasteiger partial charge on any atom is -0.444 e. The van der Waals surface area contributed by atoms with Gasteiger partial charge in [-0.25, -0.2) is 23.4 Å². The van der Waals surface area contributed by atoms with Crippen LogP contribution in [0.25, 0.3) is 32.2 Å². The zero-order valence-electron chi connectivity index (χ0n) is 34.2. The zero-order valence-corrected chi connectivity index (χ0v) is 35.0. The summed E-state index contributed by atoms with van der Waals surface area (Å²) in [6.07, 6.45) is 2.37. The second-order valence-electron chi connectivity index (χ2n) is 18.0. The first kappa shape index (κ1) is 39.9. The lowest BCUT2D eigenvalue weighted by Gasteiger charge is -2.42. The maximum Gasteiger partial charge on any atom is 0.412 e. The molecule has 3 fully saturated rings. The number of carbonyl (C=O) groups is 2. The monoisotopic (exact) mass is 817 g/mol. The largest absolute Gasteiger partial charge is 0.444 e. The summed E-state index contributed by atoms with van der Waals surface area (Å²) in [5, 5.41) is 13.7.